The number of nitrogens with two attached hydrogens (primary N) is 1. The molecule has 0 aliphatic heterocycles. The van der Waals surface area contributed by atoms with Crippen LogP contribution in [0.4, 0.5) is 0 Å². The first-order chi connectivity index (χ1) is 7.06. The number of aryl methyl sites for hydroxylation is 2. The fourth-order valence-corrected chi connectivity index (χ4v) is 1.60. The Kier molecular flexibility index (Phi) is 2.15. The van der Waals surface area contributed by atoms with E-state index in [4.69, 9.17) is 5.73 Å². The number of rotatable bonds is 2. The van der Waals surface area contributed by atoms with E-state index in [0.717, 1.165) is 17.2 Å². The second-order valence-electron chi connectivity index (χ2n) is 3.55. The lowest BCUT2D eigenvalue weighted by atomic mass is 10.3. The Morgan fingerprint density at radius 3 is 2.87 bits per heavy atom. The summed E-state index contributed by atoms with van der Waals surface area (Å²) in [4.78, 5) is 19.4. The summed E-state index contributed by atoms with van der Waals surface area (Å²) in [6.07, 6.45) is 1.96. The number of hydrogen-bond donors (Lipinski definition) is 1. The number of primary amides is 1. The topological polar surface area (TPSA) is 73.3 Å². The first-order valence-electron chi connectivity index (χ1n) is 4.67. The van der Waals surface area contributed by atoms with E-state index in [-0.39, 0.29) is 12.3 Å². The van der Waals surface area contributed by atoms with Crippen LogP contribution in [0.3, 0.4) is 0 Å². The summed E-state index contributed by atoms with van der Waals surface area (Å²) in [6, 6.07) is 1.87. The lowest BCUT2D eigenvalue weighted by molar-refractivity contribution is -0.117. The molecule has 5 nitrogen and oxygen atoms in total. The van der Waals surface area contributed by atoms with Gasteiger partial charge in [-0.15, -0.1) is 0 Å². The summed E-state index contributed by atoms with van der Waals surface area (Å²) in [5.41, 5.74) is 7.50. The Balaban J connectivity index is 2.55. The average Bonchev–Trinajstić information content (AvgIpc) is 2.45. The smallest absolute Gasteiger partial charge is 0.223 e. The van der Waals surface area contributed by atoms with E-state index in [1.54, 1.807) is 6.20 Å². The molecule has 0 aliphatic rings. The summed E-state index contributed by atoms with van der Waals surface area (Å²) < 4.78 is 1.85. The predicted molar refractivity (Wildman–Crippen MR) is 55.4 cm³/mol. The Morgan fingerprint density at radius 1 is 1.47 bits per heavy atom. The molecule has 0 saturated heterocycles. The number of amides is 1. The van der Waals surface area contributed by atoms with Gasteiger partial charge in [-0.1, -0.05) is 0 Å². The Labute approximate surface area is 87.0 Å². The molecule has 2 aromatic heterocycles. The maximum Gasteiger partial charge on any atom is 0.223 e. The molecular formula is C10H12N4O. The quantitative estimate of drug-likeness (QED) is 0.768. The first kappa shape index (κ1) is 9.64. The third-order valence-electron chi connectivity index (χ3n) is 2.16. The Hall–Kier alpha value is -1.91. The average molecular weight is 204 g/mol. The van der Waals surface area contributed by atoms with Gasteiger partial charge < -0.3 is 5.73 Å². The zero-order valence-electron chi connectivity index (χ0n) is 8.69. The van der Waals surface area contributed by atoms with E-state index < -0.39 is 0 Å². The van der Waals surface area contributed by atoms with E-state index in [0.29, 0.717) is 5.69 Å². The van der Waals surface area contributed by atoms with Crippen LogP contribution in [-0.2, 0) is 11.2 Å². The number of aromatic nitrogens is 3. The zero-order valence-corrected chi connectivity index (χ0v) is 8.69. The molecule has 2 heterocycles. The minimum Gasteiger partial charge on any atom is -0.369 e. The van der Waals surface area contributed by atoms with Crippen LogP contribution in [-0.4, -0.2) is 20.3 Å². The van der Waals surface area contributed by atoms with Gasteiger partial charge in [-0.05, 0) is 13.8 Å². The van der Waals surface area contributed by atoms with Crippen molar-refractivity contribution in [3.05, 3.63) is 29.5 Å². The van der Waals surface area contributed by atoms with Gasteiger partial charge in [0.15, 0.2) is 0 Å². The van der Waals surface area contributed by atoms with Crippen LogP contribution in [0, 0.1) is 13.8 Å². The lowest BCUT2D eigenvalue weighted by Gasteiger charge is -1.98. The van der Waals surface area contributed by atoms with Crippen molar-refractivity contribution in [3.8, 4) is 0 Å². The molecule has 0 aliphatic carbocycles. The van der Waals surface area contributed by atoms with Crippen LogP contribution < -0.4 is 5.73 Å². The van der Waals surface area contributed by atoms with Crippen LogP contribution in [0.25, 0.3) is 5.65 Å². The van der Waals surface area contributed by atoms with E-state index >= 15 is 0 Å². The highest BCUT2D eigenvalue weighted by Gasteiger charge is 2.06. The van der Waals surface area contributed by atoms with Gasteiger partial charge in [-0.2, -0.15) is 0 Å². The summed E-state index contributed by atoms with van der Waals surface area (Å²) >= 11 is 0. The first-order valence-corrected chi connectivity index (χ1v) is 4.67. The van der Waals surface area contributed by atoms with Gasteiger partial charge in [0.05, 0.1) is 12.1 Å². The number of nitrogens with zero attached hydrogens (tertiary/aromatic N) is 3. The van der Waals surface area contributed by atoms with Crippen LogP contribution in [0.5, 0.6) is 0 Å². The number of carbonyl (C=O) groups is 1. The Bertz CT molecular complexity index is 529. The largest absolute Gasteiger partial charge is 0.369 e. The van der Waals surface area contributed by atoms with Crippen LogP contribution in [0.15, 0.2) is 12.3 Å². The molecule has 0 radical (unpaired) electrons. The number of carbonyl (C=O) groups excluding carboxylic acids is 1. The Morgan fingerprint density at radius 2 is 2.20 bits per heavy atom. The van der Waals surface area contributed by atoms with E-state index in [1.165, 1.54) is 0 Å². The van der Waals surface area contributed by atoms with Crippen molar-refractivity contribution in [2.75, 3.05) is 0 Å². The van der Waals surface area contributed by atoms with Crippen molar-refractivity contribution in [2.45, 2.75) is 20.3 Å². The van der Waals surface area contributed by atoms with Gasteiger partial charge in [0, 0.05) is 18.0 Å². The molecule has 0 unspecified atom stereocenters. The molecule has 5 heteroatoms. The maximum atomic E-state index is 10.8. The molecule has 2 aromatic rings. The molecule has 15 heavy (non-hydrogen) atoms. The van der Waals surface area contributed by atoms with Gasteiger partial charge in [-0.25, -0.2) is 9.97 Å². The van der Waals surface area contributed by atoms with E-state index in [2.05, 4.69) is 9.97 Å². The second kappa shape index (κ2) is 3.34. The second-order valence-corrected chi connectivity index (χ2v) is 3.55. The lowest BCUT2D eigenvalue weighted by Crippen LogP contribution is -2.13. The fraction of sp³-hybridized carbons (Fsp3) is 0.300. The summed E-state index contributed by atoms with van der Waals surface area (Å²) in [5.74, 6) is 0.481. The van der Waals surface area contributed by atoms with Crippen molar-refractivity contribution < 1.29 is 4.79 Å². The van der Waals surface area contributed by atoms with Crippen molar-refractivity contribution in [2.24, 2.45) is 5.73 Å². The summed E-state index contributed by atoms with van der Waals surface area (Å²) in [6.45, 7) is 3.81. The van der Waals surface area contributed by atoms with Crippen molar-refractivity contribution >= 4 is 11.6 Å². The fourth-order valence-electron chi connectivity index (χ4n) is 1.60. The molecule has 0 fully saturated rings. The molecule has 1 amide bonds. The molecule has 0 atom stereocenters. The molecule has 0 bridgehead atoms. The highest BCUT2D eigenvalue weighted by molar-refractivity contribution is 5.76. The van der Waals surface area contributed by atoms with Crippen molar-refractivity contribution in [1.82, 2.24) is 14.4 Å². The third-order valence-corrected chi connectivity index (χ3v) is 2.16. The van der Waals surface area contributed by atoms with Gasteiger partial charge in [0.25, 0.3) is 0 Å². The molecule has 0 saturated carbocycles. The SMILES string of the molecule is Cc1cc2nc(CC(N)=O)cn2c(C)n1. The standard InChI is InChI=1S/C10H12N4O/c1-6-3-10-13-8(4-9(11)15)5-14(10)7(2)12-6/h3,5H,4H2,1-2H3,(H2,11,15). The molecule has 0 aromatic carbocycles. The predicted octanol–water partition coefficient (Wildman–Crippen LogP) is 0.374. The summed E-state index contributed by atoms with van der Waals surface area (Å²) in [7, 11) is 0. The molecule has 2 rings (SSSR count). The highest BCUT2D eigenvalue weighted by Crippen LogP contribution is 2.09. The van der Waals surface area contributed by atoms with Crippen LogP contribution in [0.1, 0.15) is 17.2 Å². The minimum absolute atomic E-state index is 0.167. The molecule has 78 valence electrons. The van der Waals surface area contributed by atoms with Crippen molar-refractivity contribution in [1.29, 1.82) is 0 Å². The van der Waals surface area contributed by atoms with E-state index in [1.807, 2.05) is 24.3 Å². The van der Waals surface area contributed by atoms with Crippen molar-refractivity contribution in [3.63, 3.8) is 0 Å². The van der Waals surface area contributed by atoms with Crippen LogP contribution in [0.2, 0.25) is 0 Å². The zero-order chi connectivity index (χ0) is 11.0. The van der Waals surface area contributed by atoms with Gasteiger partial charge >= 0.3 is 0 Å². The highest BCUT2D eigenvalue weighted by atomic mass is 16.1. The molecule has 0 spiro atoms. The third kappa shape index (κ3) is 1.81. The summed E-state index contributed by atoms with van der Waals surface area (Å²) in [5, 5.41) is 0. The maximum absolute atomic E-state index is 10.8. The number of fused-ring (bicyclic) bond motifs is 1. The molecular weight excluding hydrogens is 192 g/mol. The van der Waals surface area contributed by atoms with Crippen LogP contribution >= 0.6 is 0 Å². The minimum atomic E-state index is -0.374. The van der Waals surface area contributed by atoms with Gasteiger partial charge in [0.2, 0.25) is 5.91 Å². The van der Waals surface area contributed by atoms with E-state index in [9.17, 15) is 4.79 Å². The van der Waals surface area contributed by atoms with Gasteiger partial charge in [0.1, 0.15) is 11.5 Å². The number of imidazole rings is 1. The monoisotopic (exact) mass is 204 g/mol. The van der Waals surface area contributed by atoms with Gasteiger partial charge in [-0.3, -0.25) is 9.20 Å². The molecule has 2 N–H and O–H groups in total. The normalized spacial score (nSPS) is 10.8. The number of hydrogen-bond acceptors (Lipinski definition) is 3.